The SMILES string of the molecule is CN=C(NCC(C)CN1CCOCC1)NCC1(N2CCOCC2)CCCCC1.I. The summed E-state index contributed by atoms with van der Waals surface area (Å²) in [6.07, 6.45) is 6.61. The smallest absolute Gasteiger partial charge is 0.191 e. The molecule has 0 spiro atoms. The Hall–Kier alpha value is -0.160. The zero-order chi connectivity index (χ0) is 19.7. The lowest BCUT2D eigenvalue weighted by Gasteiger charge is -2.48. The van der Waals surface area contributed by atoms with Crippen molar-refractivity contribution in [2.75, 3.05) is 79.3 Å². The molecule has 8 heteroatoms. The largest absolute Gasteiger partial charge is 0.379 e. The van der Waals surface area contributed by atoms with Crippen LogP contribution in [0, 0.1) is 5.92 Å². The topological polar surface area (TPSA) is 61.4 Å². The molecule has 0 bridgehead atoms. The van der Waals surface area contributed by atoms with Gasteiger partial charge in [-0.25, -0.2) is 0 Å². The number of hydrogen-bond donors (Lipinski definition) is 2. The molecule has 7 nitrogen and oxygen atoms in total. The zero-order valence-electron chi connectivity index (χ0n) is 18.5. The highest BCUT2D eigenvalue weighted by atomic mass is 127. The quantitative estimate of drug-likeness (QED) is 0.302. The highest BCUT2D eigenvalue weighted by Crippen LogP contribution is 2.33. The maximum atomic E-state index is 5.60. The second-order valence-electron chi connectivity index (χ2n) is 8.71. The van der Waals surface area contributed by atoms with Crippen molar-refractivity contribution in [3.8, 4) is 0 Å². The molecule has 170 valence electrons. The fourth-order valence-electron chi connectivity index (χ4n) is 4.88. The fourth-order valence-corrected chi connectivity index (χ4v) is 4.88. The molecular formula is C21H42IN5O2. The number of guanidine groups is 1. The Kier molecular flexibility index (Phi) is 11.5. The van der Waals surface area contributed by atoms with Crippen molar-refractivity contribution in [2.45, 2.75) is 44.6 Å². The summed E-state index contributed by atoms with van der Waals surface area (Å²) in [4.78, 5) is 9.66. The van der Waals surface area contributed by atoms with Crippen LogP contribution in [0.25, 0.3) is 0 Å². The summed E-state index contributed by atoms with van der Waals surface area (Å²) in [6, 6.07) is 0. The van der Waals surface area contributed by atoms with E-state index in [1.807, 2.05) is 7.05 Å². The summed E-state index contributed by atoms with van der Waals surface area (Å²) in [5, 5.41) is 7.22. The molecule has 3 rings (SSSR count). The predicted molar refractivity (Wildman–Crippen MR) is 129 cm³/mol. The third-order valence-electron chi connectivity index (χ3n) is 6.57. The molecule has 1 atom stereocenters. The summed E-state index contributed by atoms with van der Waals surface area (Å²) >= 11 is 0. The minimum Gasteiger partial charge on any atom is -0.379 e. The standard InChI is InChI=1S/C21H41N5O2.HI/c1-19(17-25-8-12-27-13-9-25)16-23-20(22-2)24-18-21(6-4-3-5-7-21)26-10-14-28-15-11-26;/h19H,3-18H2,1-2H3,(H2,22,23,24);1H. The van der Waals surface area contributed by atoms with Gasteiger partial charge in [0.25, 0.3) is 0 Å². The van der Waals surface area contributed by atoms with Crippen LogP contribution in [0.5, 0.6) is 0 Å². The molecule has 0 amide bonds. The first-order valence-corrected chi connectivity index (χ1v) is 11.3. The molecule has 3 fully saturated rings. The van der Waals surface area contributed by atoms with Gasteiger partial charge in [-0.1, -0.05) is 26.2 Å². The first-order valence-electron chi connectivity index (χ1n) is 11.3. The summed E-state index contributed by atoms with van der Waals surface area (Å²) in [5.74, 6) is 1.52. The van der Waals surface area contributed by atoms with Gasteiger partial charge in [0, 0.05) is 58.4 Å². The van der Waals surface area contributed by atoms with Crippen molar-refractivity contribution in [3.63, 3.8) is 0 Å². The van der Waals surface area contributed by atoms with E-state index in [2.05, 4.69) is 32.3 Å². The van der Waals surface area contributed by atoms with Crippen molar-refractivity contribution < 1.29 is 9.47 Å². The van der Waals surface area contributed by atoms with Gasteiger partial charge in [-0.3, -0.25) is 14.8 Å². The number of halogens is 1. The van der Waals surface area contributed by atoms with Crippen LogP contribution in [0.3, 0.4) is 0 Å². The van der Waals surface area contributed by atoms with Crippen molar-refractivity contribution in [3.05, 3.63) is 0 Å². The highest BCUT2D eigenvalue weighted by molar-refractivity contribution is 14.0. The number of ether oxygens (including phenoxy) is 2. The molecule has 1 aliphatic carbocycles. The van der Waals surface area contributed by atoms with Crippen molar-refractivity contribution >= 4 is 29.9 Å². The average molecular weight is 524 g/mol. The number of nitrogens with zero attached hydrogens (tertiary/aromatic N) is 3. The van der Waals surface area contributed by atoms with E-state index >= 15 is 0 Å². The Morgan fingerprint density at radius 1 is 0.966 bits per heavy atom. The maximum Gasteiger partial charge on any atom is 0.191 e. The maximum absolute atomic E-state index is 5.60. The number of aliphatic imine (C=N–C) groups is 1. The summed E-state index contributed by atoms with van der Waals surface area (Å²) in [6.45, 7) is 13.1. The van der Waals surface area contributed by atoms with Crippen LogP contribution in [0.15, 0.2) is 4.99 Å². The van der Waals surface area contributed by atoms with Crippen LogP contribution in [0.4, 0.5) is 0 Å². The van der Waals surface area contributed by atoms with Gasteiger partial charge in [0.05, 0.1) is 26.4 Å². The second kappa shape index (κ2) is 13.3. The summed E-state index contributed by atoms with van der Waals surface area (Å²) in [7, 11) is 1.88. The Morgan fingerprint density at radius 2 is 1.59 bits per heavy atom. The van der Waals surface area contributed by atoms with Gasteiger partial charge < -0.3 is 20.1 Å². The van der Waals surface area contributed by atoms with Crippen LogP contribution in [0.1, 0.15) is 39.0 Å². The Balaban J connectivity index is 0.00000300. The molecule has 2 heterocycles. The fraction of sp³-hybridized carbons (Fsp3) is 0.952. The summed E-state index contributed by atoms with van der Waals surface area (Å²) < 4.78 is 11.0. The Morgan fingerprint density at radius 3 is 2.21 bits per heavy atom. The Bertz CT molecular complexity index is 476. The van der Waals surface area contributed by atoms with Gasteiger partial charge >= 0.3 is 0 Å². The lowest BCUT2D eigenvalue weighted by atomic mass is 9.80. The van der Waals surface area contributed by atoms with E-state index in [0.29, 0.717) is 5.92 Å². The van der Waals surface area contributed by atoms with E-state index in [1.54, 1.807) is 0 Å². The molecule has 2 saturated heterocycles. The van der Waals surface area contributed by atoms with Crippen LogP contribution in [-0.2, 0) is 9.47 Å². The van der Waals surface area contributed by atoms with Crippen LogP contribution >= 0.6 is 24.0 Å². The van der Waals surface area contributed by atoms with Gasteiger partial charge in [0.2, 0.25) is 0 Å². The molecule has 2 N–H and O–H groups in total. The van der Waals surface area contributed by atoms with Gasteiger partial charge in [0.15, 0.2) is 5.96 Å². The van der Waals surface area contributed by atoms with E-state index in [1.165, 1.54) is 32.1 Å². The zero-order valence-corrected chi connectivity index (χ0v) is 20.8. The summed E-state index contributed by atoms with van der Waals surface area (Å²) in [5.41, 5.74) is 0.263. The molecule has 0 aromatic rings. The average Bonchev–Trinajstić information content (AvgIpc) is 2.76. The lowest BCUT2D eigenvalue weighted by Crippen LogP contribution is -2.60. The van der Waals surface area contributed by atoms with E-state index in [9.17, 15) is 0 Å². The lowest BCUT2D eigenvalue weighted by molar-refractivity contribution is -0.0352. The third kappa shape index (κ3) is 7.79. The van der Waals surface area contributed by atoms with Gasteiger partial charge in [0.1, 0.15) is 0 Å². The Labute approximate surface area is 194 Å². The number of rotatable bonds is 7. The highest BCUT2D eigenvalue weighted by Gasteiger charge is 2.38. The van der Waals surface area contributed by atoms with Crippen LogP contribution in [0.2, 0.25) is 0 Å². The molecule has 29 heavy (non-hydrogen) atoms. The van der Waals surface area contributed by atoms with Gasteiger partial charge in [-0.15, -0.1) is 24.0 Å². The molecule has 0 radical (unpaired) electrons. The third-order valence-corrected chi connectivity index (χ3v) is 6.57. The van der Waals surface area contributed by atoms with Gasteiger partial charge in [-0.05, 0) is 18.8 Å². The number of nitrogens with one attached hydrogen (secondary N) is 2. The van der Waals surface area contributed by atoms with E-state index in [-0.39, 0.29) is 29.5 Å². The van der Waals surface area contributed by atoms with Crippen LogP contribution < -0.4 is 10.6 Å². The normalized spacial score (nSPS) is 25.1. The van der Waals surface area contributed by atoms with Crippen LogP contribution in [-0.4, -0.2) is 101 Å². The number of hydrogen-bond acceptors (Lipinski definition) is 5. The molecule has 0 aromatic heterocycles. The second-order valence-corrected chi connectivity index (χ2v) is 8.71. The molecule has 0 aromatic carbocycles. The van der Waals surface area contributed by atoms with Crippen molar-refractivity contribution in [2.24, 2.45) is 10.9 Å². The van der Waals surface area contributed by atoms with E-state index in [0.717, 1.165) is 78.2 Å². The first-order chi connectivity index (χ1) is 13.7. The van der Waals surface area contributed by atoms with Crippen molar-refractivity contribution in [1.82, 2.24) is 20.4 Å². The monoisotopic (exact) mass is 523 g/mol. The molecule has 2 aliphatic heterocycles. The first kappa shape index (κ1) is 25.1. The van der Waals surface area contributed by atoms with Crippen molar-refractivity contribution in [1.29, 1.82) is 0 Å². The van der Waals surface area contributed by atoms with Gasteiger partial charge in [-0.2, -0.15) is 0 Å². The van der Waals surface area contributed by atoms with E-state index in [4.69, 9.17) is 9.47 Å². The molecular weight excluding hydrogens is 481 g/mol. The minimum absolute atomic E-state index is 0. The predicted octanol–water partition coefficient (Wildman–Crippen LogP) is 1.77. The molecule has 1 saturated carbocycles. The minimum atomic E-state index is 0. The molecule has 1 unspecified atom stereocenters. The number of morpholine rings is 2. The molecule has 3 aliphatic rings. The van der Waals surface area contributed by atoms with E-state index < -0.39 is 0 Å².